The third-order valence-corrected chi connectivity index (χ3v) is 1.50. The van der Waals surface area contributed by atoms with Crippen LogP contribution in [0.4, 0.5) is 0 Å². The van der Waals surface area contributed by atoms with Crippen LogP contribution >= 0.6 is 0 Å². The third-order valence-electron chi connectivity index (χ3n) is 1.50. The Hall–Kier alpha value is -0.980. The molecular formula is C7H15N5O. The van der Waals surface area contributed by atoms with Crippen molar-refractivity contribution in [2.75, 3.05) is 7.05 Å². The Labute approximate surface area is 77.1 Å². The fourth-order valence-electron chi connectivity index (χ4n) is 0.925. The second kappa shape index (κ2) is 4.90. The standard InChI is InChI=1S/C7H15N5O/c1-5(11-8-3)9-4-7-10-6(2)13-12-7/h5,8-9,11H,4H2,1-3H3. The van der Waals surface area contributed by atoms with Crippen molar-refractivity contribution >= 4 is 0 Å². The van der Waals surface area contributed by atoms with Crippen molar-refractivity contribution in [3.8, 4) is 0 Å². The quantitative estimate of drug-likeness (QED) is 0.425. The van der Waals surface area contributed by atoms with Crippen molar-refractivity contribution in [1.29, 1.82) is 0 Å². The van der Waals surface area contributed by atoms with Crippen molar-refractivity contribution in [2.45, 2.75) is 26.6 Å². The molecule has 0 aromatic carbocycles. The molecule has 1 aromatic heterocycles. The molecule has 13 heavy (non-hydrogen) atoms. The first kappa shape index (κ1) is 10.1. The Balaban J connectivity index is 2.26. The van der Waals surface area contributed by atoms with Crippen molar-refractivity contribution in [2.24, 2.45) is 0 Å². The van der Waals surface area contributed by atoms with E-state index in [1.54, 1.807) is 6.92 Å². The summed E-state index contributed by atoms with van der Waals surface area (Å²) in [5.41, 5.74) is 5.81. The van der Waals surface area contributed by atoms with Gasteiger partial charge in [0.2, 0.25) is 5.89 Å². The molecule has 0 aliphatic rings. The second-order valence-corrected chi connectivity index (χ2v) is 2.73. The Bertz CT molecular complexity index is 249. The van der Waals surface area contributed by atoms with Gasteiger partial charge < -0.3 is 4.52 Å². The minimum atomic E-state index is 0.156. The number of hydrazine groups is 1. The lowest BCUT2D eigenvalue weighted by Gasteiger charge is -2.12. The highest BCUT2D eigenvalue weighted by Crippen LogP contribution is 1.93. The molecule has 6 nitrogen and oxygen atoms in total. The minimum absolute atomic E-state index is 0.156. The van der Waals surface area contributed by atoms with Crippen LogP contribution in [-0.4, -0.2) is 23.4 Å². The molecule has 0 aliphatic carbocycles. The minimum Gasteiger partial charge on any atom is -0.340 e. The molecule has 0 bridgehead atoms. The van der Waals surface area contributed by atoms with Gasteiger partial charge in [0, 0.05) is 6.92 Å². The Kier molecular flexibility index (Phi) is 3.81. The van der Waals surface area contributed by atoms with E-state index in [9.17, 15) is 0 Å². The SMILES string of the molecule is CNNC(C)NCc1noc(C)n1. The number of rotatable bonds is 5. The van der Waals surface area contributed by atoms with E-state index < -0.39 is 0 Å². The Morgan fingerprint density at radius 2 is 2.31 bits per heavy atom. The molecule has 0 amide bonds. The van der Waals surface area contributed by atoms with Gasteiger partial charge in [0.25, 0.3) is 0 Å². The number of aryl methyl sites for hydroxylation is 1. The van der Waals surface area contributed by atoms with Crippen molar-refractivity contribution in [3.05, 3.63) is 11.7 Å². The maximum absolute atomic E-state index is 4.82. The molecule has 3 N–H and O–H groups in total. The first-order chi connectivity index (χ1) is 6.22. The van der Waals surface area contributed by atoms with Gasteiger partial charge in [-0.05, 0) is 14.0 Å². The normalized spacial score (nSPS) is 13.2. The number of hydrogen-bond donors (Lipinski definition) is 3. The average Bonchev–Trinajstić information content (AvgIpc) is 2.49. The summed E-state index contributed by atoms with van der Waals surface area (Å²) in [6.45, 7) is 4.35. The molecule has 74 valence electrons. The zero-order valence-corrected chi connectivity index (χ0v) is 8.09. The number of nitrogens with zero attached hydrogens (tertiary/aromatic N) is 2. The summed E-state index contributed by atoms with van der Waals surface area (Å²) in [5, 5.41) is 6.91. The monoisotopic (exact) mass is 185 g/mol. The van der Waals surface area contributed by atoms with Crippen LogP contribution in [0.5, 0.6) is 0 Å². The number of nitrogens with one attached hydrogen (secondary N) is 3. The topological polar surface area (TPSA) is 75.0 Å². The molecule has 0 saturated heterocycles. The summed E-state index contributed by atoms with van der Waals surface area (Å²) < 4.78 is 4.82. The summed E-state index contributed by atoms with van der Waals surface area (Å²) in [6, 6.07) is 0. The predicted molar refractivity (Wildman–Crippen MR) is 47.5 cm³/mol. The Morgan fingerprint density at radius 3 is 2.85 bits per heavy atom. The molecule has 1 atom stereocenters. The maximum Gasteiger partial charge on any atom is 0.223 e. The van der Waals surface area contributed by atoms with Gasteiger partial charge >= 0.3 is 0 Å². The zero-order chi connectivity index (χ0) is 9.68. The van der Waals surface area contributed by atoms with Crippen LogP contribution in [0.3, 0.4) is 0 Å². The van der Waals surface area contributed by atoms with E-state index in [1.807, 2.05) is 14.0 Å². The molecule has 0 spiro atoms. The number of hydrogen-bond acceptors (Lipinski definition) is 6. The van der Waals surface area contributed by atoms with E-state index in [-0.39, 0.29) is 6.17 Å². The van der Waals surface area contributed by atoms with Gasteiger partial charge in [-0.2, -0.15) is 4.98 Å². The van der Waals surface area contributed by atoms with E-state index in [4.69, 9.17) is 4.52 Å². The summed E-state index contributed by atoms with van der Waals surface area (Å²) in [4.78, 5) is 4.05. The summed E-state index contributed by atoms with van der Waals surface area (Å²) in [7, 11) is 1.82. The first-order valence-corrected chi connectivity index (χ1v) is 4.17. The van der Waals surface area contributed by atoms with Crippen LogP contribution in [-0.2, 0) is 6.54 Å². The van der Waals surface area contributed by atoms with Gasteiger partial charge in [-0.3, -0.25) is 10.7 Å². The van der Waals surface area contributed by atoms with Crippen molar-refractivity contribution in [1.82, 2.24) is 26.3 Å². The lowest BCUT2D eigenvalue weighted by Crippen LogP contribution is -2.45. The molecule has 6 heteroatoms. The fourth-order valence-corrected chi connectivity index (χ4v) is 0.925. The molecule has 0 saturated carbocycles. The van der Waals surface area contributed by atoms with Gasteiger partial charge in [-0.1, -0.05) is 5.16 Å². The largest absolute Gasteiger partial charge is 0.340 e. The summed E-state index contributed by atoms with van der Waals surface area (Å²) in [6.07, 6.45) is 0.156. The molecule has 0 fully saturated rings. The smallest absolute Gasteiger partial charge is 0.223 e. The van der Waals surface area contributed by atoms with Gasteiger partial charge in [0.15, 0.2) is 5.82 Å². The average molecular weight is 185 g/mol. The van der Waals surface area contributed by atoms with Crippen LogP contribution in [0.15, 0.2) is 4.52 Å². The molecular weight excluding hydrogens is 170 g/mol. The summed E-state index contributed by atoms with van der Waals surface area (Å²) in [5.74, 6) is 1.26. The van der Waals surface area contributed by atoms with E-state index in [0.29, 0.717) is 18.3 Å². The predicted octanol–water partition coefficient (Wildman–Crippen LogP) is -0.462. The molecule has 1 rings (SSSR count). The third kappa shape index (κ3) is 3.49. The van der Waals surface area contributed by atoms with Crippen molar-refractivity contribution in [3.63, 3.8) is 0 Å². The van der Waals surface area contributed by atoms with E-state index in [2.05, 4.69) is 26.3 Å². The molecule has 1 aromatic rings. The lowest BCUT2D eigenvalue weighted by molar-refractivity contribution is 0.374. The van der Waals surface area contributed by atoms with E-state index in [0.717, 1.165) is 0 Å². The van der Waals surface area contributed by atoms with E-state index >= 15 is 0 Å². The van der Waals surface area contributed by atoms with Crippen LogP contribution in [0, 0.1) is 6.92 Å². The van der Waals surface area contributed by atoms with Crippen molar-refractivity contribution < 1.29 is 4.52 Å². The van der Waals surface area contributed by atoms with Gasteiger partial charge in [-0.15, -0.1) is 0 Å². The highest BCUT2D eigenvalue weighted by molar-refractivity contribution is 4.83. The fraction of sp³-hybridized carbons (Fsp3) is 0.714. The van der Waals surface area contributed by atoms with E-state index in [1.165, 1.54) is 0 Å². The molecule has 0 radical (unpaired) electrons. The van der Waals surface area contributed by atoms with Crippen LogP contribution in [0.1, 0.15) is 18.6 Å². The van der Waals surface area contributed by atoms with Gasteiger partial charge in [0.1, 0.15) is 0 Å². The highest BCUT2D eigenvalue weighted by atomic mass is 16.5. The van der Waals surface area contributed by atoms with Crippen LogP contribution in [0.2, 0.25) is 0 Å². The molecule has 1 unspecified atom stereocenters. The summed E-state index contributed by atoms with van der Waals surface area (Å²) >= 11 is 0. The lowest BCUT2D eigenvalue weighted by atomic mass is 10.5. The highest BCUT2D eigenvalue weighted by Gasteiger charge is 2.03. The Morgan fingerprint density at radius 1 is 1.54 bits per heavy atom. The van der Waals surface area contributed by atoms with Gasteiger partial charge in [0.05, 0.1) is 12.7 Å². The molecule has 0 aliphatic heterocycles. The van der Waals surface area contributed by atoms with Crippen LogP contribution < -0.4 is 16.2 Å². The zero-order valence-electron chi connectivity index (χ0n) is 8.09. The van der Waals surface area contributed by atoms with Gasteiger partial charge in [-0.25, -0.2) is 5.43 Å². The first-order valence-electron chi connectivity index (χ1n) is 4.17. The second-order valence-electron chi connectivity index (χ2n) is 2.73. The number of aromatic nitrogens is 2. The maximum atomic E-state index is 4.82. The van der Waals surface area contributed by atoms with Crippen LogP contribution in [0.25, 0.3) is 0 Å². The molecule has 1 heterocycles.